The number of carbonyl (C=O) groups excluding carboxylic acids is 1. The maximum atomic E-state index is 12.8. The molecule has 4 nitrogen and oxygen atoms in total. The third-order valence-corrected chi connectivity index (χ3v) is 5.83. The Morgan fingerprint density at radius 2 is 2.00 bits per heavy atom. The van der Waals surface area contributed by atoms with Gasteiger partial charge in [0.1, 0.15) is 16.9 Å². The molecular weight excluding hydrogens is 298 g/mol. The van der Waals surface area contributed by atoms with Crippen molar-refractivity contribution in [3.05, 3.63) is 23.8 Å². The molecule has 3 rings (SSSR count). The van der Waals surface area contributed by atoms with E-state index in [0.29, 0.717) is 5.91 Å². The zero-order valence-corrected chi connectivity index (χ0v) is 14.0. The van der Waals surface area contributed by atoms with Crippen LogP contribution in [0.15, 0.2) is 18.2 Å². The summed E-state index contributed by atoms with van der Waals surface area (Å²) in [6, 6.07) is 5.86. The van der Waals surface area contributed by atoms with Gasteiger partial charge in [-0.3, -0.25) is 4.79 Å². The molecule has 0 N–H and O–H groups in total. The fourth-order valence-corrected chi connectivity index (χ4v) is 4.67. The normalized spacial score (nSPS) is 22.1. The molecule has 1 aliphatic carbocycles. The van der Waals surface area contributed by atoms with E-state index >= 15 is 0 Å². The summed E-state index contributed by atoms with van der Waals surface area (Å²) < 4.78 is 10.8. The average Bonchev–Trinajstić information content (AvgIpc) is 3.24. The summed E-state index contributed by atoms with van der Waals surface area (Å²) in [5.74, 6) is 3.11. The van der Waals surface area contributed by atoms with Crippen molar-refractivity contribution in [2.45, 2.75) is 31.1 Å². The second-order valence-corrected chi connectivity index (χ2v) is 7.03. The predicted octanol–water partition coefficient (Wildman–Crippen LogP) is 3.47. The molecule has 1 amide bonds. The SMILES string of the molecule is COc1ccc([C@@H]2SCCN2C(=O)C2CCCC2)c(OC)c1. The van der Waals surface area contributed by atoms with Gasteiger partial charge in [-0.05, 0) is 25.0 Å². The molecule has 1 heterocycles. The number of thioether (sulfide) groups is 1. The summed E-state index contributed by atoms with van der Waals surface area (Å²) in [6.07, 6.45) is 4.47. The van der Waals surface area contributed by atoms with Gasteiger partial charge in [-0.1, -0.05) is 12.8 Å². The molecule has 1 saturated heterocycles. The Balaban J connectivity index is 1.84. The Hall–Kier alpha value is -1.36. The van der Waals surface area contributed by atoms with Crippen molar-refractivity contribution in [1.29, 1.82) is 0 Å². The van der Waals surface area contributed by atoms with Gasteiger partial charge in [-0.25, -0.2) is 0 Å². The highest BCUT2D eigenvalue weighted by Gasteiger charge is 2.36. The molecular formula is C17H23NO3S. The Kier molecular flexibility index (Phi) is 4.81. The van der Waals surface area contributed by atoms with Crippen LogP contribution in [0, 0.1) is 5.92 Å². The molecule has 1 aromatic rings. The van der Waals surface area contributed by atoms with Crippen molar-refractivity contribution in [2.75, 3.05) is 26.5 Å². The maximum Gasteiger partial charge on any atom is 0.226 e. The molecule has 1 atom stereocenters. The van der Waals surface area contributed by atoms with Gasteiger partial charge in [0, 0.05) is 29.8 Å². The van der Waals surface area contributed by atoms with Crippen LogP contribution in [0.1, 0.15) is 36.6 Å². The largest absolute Gasteiger partial charge is 0.497 e. The fraction of sp³-hybridized carbons (Fsp3) is 0.588. The quantitative estimate of drug-likeness (QED) is 0.851. The molecule has 1 saturated carbocycles. The van der Waals surface area contributed by atoms with Crippen LogP contribution in [0.3, 0.4) is 0 Å². The second kappa shape index (κ2) is 6.82. The van der Waals surface area contributed by atoms with Crippen LogP contribution in [0.25, 0.3) is 0 Å². The third-order valence-electron chi connectivity index (χ3n) is 4.59. The van der Waals surface area contributed by atoms with Gasteiger partial charge in [0.15, 0.2) is 0 Å². The van der Waals surface area contributed by atoms with E-state index in [1.165, 1.54) is 12.8 Å². The topological polar surface area (TPSA) is 38.8 Å². The van der Waals surface area contributed by atoms with E-state index in [1.807, 2.05) is 34.9 Å². The van der Waals surface area contributed by atoms with E-state index in [-0.39, 0.29) is 11.3 Å². The molecule has 0 aromatic heterocycles. The highest BCUT2D eigenvalue weighted by Crippen LogP contribution is 2.44. The Bertz CT molecular complexity index is 543. The van der Waals surface area contributed by atoms with Gasteiger partial charge < -0.3 is 14.4 Å². The summed E-state index contributed by atoms with van der Waals surface area (Å²) in [5, 5.41) is 0.0638. The minimum absolute atomic E-state index is 0.0638. The lowest BCUT2D eigenvalue weighted by atomic mass is 10.1. The summed E-state index contributed by atoms with van der Waals surface area (Å²) in [6.45, 7) is 0.833. The molecule has 5 heteroatoms. The number of methoxy groups -OCH3 is 2. The van der Waals surface area contributed by atoms with E-state index in [1.54, 1.807) is 14.2 Å². The standard InChI is InChI=1S/C17H23NO3S/c1-20-13-7-8-14(15(11-13)21-2)17-18(9-10-22-17)16(19)12-5-3-4-6-12/h7-8,11-12,17H,3-6,9-10H2,1-2H3/t17-/m0/s1. The van der Waals surface area contributed by atoms with Gasteiger partial charge in [-0.2, -0.15) is 0 Å². The summed E-state index contributed by atoms with van der Waals surface area (Å²) in [4.78, 5) is 14.8. The molecule has 2 aliphatic rings. The minimum atomic E-state index is 0.0638. The predicted molar refractivity (Wildman–Crippen MR) is 88.4 cm³/mol. The number of hydrogen-bond donors (Lipinski definition) is 0. The van der Waals surface area contributed by atoms with Crippen molar-refractivity contribution in [1.82, 2.24) is 4.90 Å². The van der Waals surface area contributed by atoms with Gasteiger partial charge in [0.25, 0.3) is 0 Å². The van der Waals surface area contributed by atoms with Crippen LogP contribution in [0.2, 0.25) is 0 Å². The maximum absolute atomic E-state index is 12.8. The number of rotatable bonds is 4. The van der Waals surface area contributed by atoms with Crippen LogP contribution < -0.4 is 9.47 Å². The molecule has 0 unspecified atom stereocenters. The van der Waals surface area contributed by atoms with Gasteiger partial charge in [-0.15, -0.1) is 11.8 Å². The van der Waals surface area contributed by atoms with Crippen molar-refractivity contribution in [2.24, 2.45) is 5.92 Å². The van der Waals surface area contributed by atoms with Gasteiger partial charge >= 0.3 is 0 Å². The van der Waals surface area contributed by atoms with Crippen molar-refractivity contribution < 1.29 is 14.3 Å². The van der Waals surface area contributed by atoms with Crippen LogP contribution in [-0.2, 0) is 4.79 Å². The monoisotopic (exact) mass is 321 g/mol. The van der Waals surface area contributed by atoms with E-state index < -0.39 is 0 Å². The number of ether oxygens (including phenoxy) is 2. The molecule has 0 bridgehead atoms. The zero-order chi connectivity index (χ0) is 15.5. The number of hydrogen-bond acceptors (Lipinski definition) is 4. The van der Waals surface area contributed by atoms with Gasteiger partial charge in [0.2, 0.25) is 5.91 Å². The first-order valence-electron chi connectivity index (χ1n) is 7.88. The summed E-state index contributed by atoms with van der Waals surface area (Å²) in [7, 11) is 3.32. The van der Waals surface area contributed by atoms with Crippen LogP contribution in [0.4, 0.5) is 0 Å². The molecule has 0 spiro atoms. The van der Waals surface area contributed by atoms with E-state index in [2.05, 4.69) is 0 Å². The third kappa shape index (κ3) is 2.91. The Labute approximate surface area is 136 Å². The number of benzene rings is 1. The lowest BCUT2D eigenvalue weighted by Gasteiger charge is -2.28. The molecule has 1 aliphatic heterocycles. The van der Waals surface area contributed by atoms with Crippen molar-refractivity contribution >= 4 is 17.7 Å². The van der Waals surface area contributed by atoms with E-state index in [0.717, 1.165) is 42.2 Å². The van der Waals surface area contributed by atoms with Crippen molar-refractivity contribution in [3.63, 3.8) is 0 Å². The molecule has 0 radical (unpaired) electrons. The Morgan fingerprint density at radius 1 is 1.23 bits per heavy atom. The summed E-state index contributed by atoms with van der Waals surface area (Å²) >= 11 is 1.82. The zero-order valence-electron chi connectivity index (χ0n) is 13.2. The van der Waals surface area contributed by atoms with Crippen LogP contribution >= 0.6 is 11.8 Å². The fourth-order valence-electron chi connectivity index (χ4n) is 3.38. The lowest BCUT2D eigenvalue weighted by molar-refractivity contribution is -0.135. The first-order chi connectivity index (χ1) is 10.7. The Morgan fingerprint density at radius 3 is 2.68 bits per heavy atom. The second-order valence-electron chi connectivity index (χ2n) is 5.84. The lowest BCUT2D eigenvalue weighted by Crippen LogP contribution is -2.34. The molecule has 120 valence electrons. The highest BCUT2D eigenvalue weighted by molar-refractivity contribution is 7.99. The van der Waals surface area contributed by atoms with E-state index in [4.69, 9.17) is 9.47 Å². The number of nitrogens with zero attached hydrogens (tertiary/aromatic N) is 1. The van der Waals surface area contributed by atoms with Crippen LogP contribution in [-0.4, -0.2) is 37.3 Å². The highest BCUT2D eigenvalue weighted by atomic mass is 32.2. The molecule has 22 heavy (non-hydrogen) atoms. The van der Waals surface area contributed by atoms with Gasteiger partial charge in [0.05, 0.1) is 14.2 Å². The minimum Gasteiger partial charge on any atom is -0.497 e. The van der Waals surface area contributed by atoms with E-state index in [9.17, 15) is 4.79 Å². The van der Waals surface area contributed by atoms with Crippen molar-refractivity contribution in [3.8, 4) is 11.5 Å². The molecule has 1 aromatic carbocycles. The smallest absolute Gasteiger partial charge is 0.226 e. The van der Waals surface area contributed by atoms with Crippen LogP contribution in [0.5, 0.6) is 11.5 Å². The first-order valence-corrected chi connectivity index (χ1v) is 8.93. The average molecular weight is 321 g/mol. The summed E-state index contributed by atoms with van der Waals surface area (Å²) in [5.41, 5.74) is 1.07. The number of carbonyl (C=O) groups is 1. The first kappa shape index (κ1) is 15.5. The molecule has 2 fully saturated rings. The number of amides is 1.